The van der Waals surface area contributed by atoms with Crippen LogP contribution in [0.25, 0.3) is 0 Å². The minimum Gasteiger partial charge on any atom is -0.370 e. The summed E-state index contributed by atoms with van der Waals surface area (Å²) in [6.07, 6.45) is 8.53. The van der Waals surface area contributed by atoms with Crippen molar-refractivity contribution in [3.05, 3.63) is 16.6 Å². The Morgan fingerprint density at radius 1 is 1.41 bits per heavy atom. The topological polar surface area (TPSA) is 39.2 Å². The van der Waals surface area contributed by atoms with Crippen molar-refractivity contribution in [3.8, 4) is 0 Å². The van der Waals surface area contributed by atoms with Crippen LogP contribution in [-0.4, -0.2) is 23.5 Å². The zero-order valence-electron chi connectivity index (χ0n) is 10.3. The van der Waals surface area contributed by atoms with E-state index in [0.29, 0.717) is 6.42 Å². The van der Waals surface area contributed by atoms with Crippen molar-refractivity contribution >= 4 is 17.1 Å². The molecule has 0 saturated heterocycles. The van der Waals surface area contributed by atoms with Crippen molar-refractivity contribution < 1.29 is 9.53 Å². The number of hydrogen-bond donors (Lipinski definition) is 0. The lowest BCUT2D eigenvalue weighted by Gasteiger charge is -2.29. The van der Waals surface area contributed by atoms with Gasteiger partial charge < -0.3 is 4.74 Å². The molecular formula is C13H19NO2S. The minimum absolute atomic E-state index is 0.205. The zero-order valence-corrected chi connectivity index (χ0v) is 11.1. The molecule has 0 aromatic carbocycles. The van der Waals surface area contributed by atoms with Crippen molar-refractivity contribution in [1.82, 2.24) is 4.98 Å². The van der Waals surface area contributed by atoms with Crippen molar-refractivity contribution in [1.29, 1.82) is 0 Å². The average molecular weight is 253 g/mol. The van der Waals surface area contributed by atoms with E-state index in [1.165, 1.54) is 12.8 Å². The highest BCUT2D eigenvalue weighted by Gasteiger charge is 2.38. The van der Waals surface area contributed by atoms with Gasteiger partial charge >= 0.3 is 0 Å². The van der Waals surface area contributed by atoms with Gasteiger partial charge in [0.1, 0.15) is 5.60 Å². The summed E-state index contributed by atoms with van der Waals surface area (Å²) in [4.78, 5) is 16.6. The predicted octanol–water partition coefficient (Wildman–Crippen LogP) is 2.99. The van der Waals surface area contributed by atoms with Crippen LogP contribution in [0, 0.1) is 0 Å². The van der Waals surface area contributed by atoms with Crippen LogP contribution in [0.2, 0.25) is 0 Å². The quantitative estimate of drug-likeness (QED) is 0.774. The van der Waals surface area contributed by atoms with Gasteiger partial charge in [-0.05, 0) is 12.8 Å². The molecule has 94 valence electrons. The predicted molar refractivity (Wildman–Crippen MR) is 68.3 cm³/mol. The third-order valence-corrected chi connectivity index (χ3v) is 4.39. The van der Waals surface area contributed by atoms with Crippen molar-refractivity contribution in [2.24, 2.45) is 0 Å². The molecule has 0 unspecified atom stereocenters. The maximum atomic E-state index is 12.4. The first-order valence-electron chi connectivity index (χ1n) is 6.24. The molecule has 1 saturated carbocycles. The number of thiazole rings is 1. The summed E-state index contributed by atoms with van der Waals surface area (Å²) in [5, 5.41) is 2.81. The Morgan fingerprint density at radius 2 is 2.12 bits per heavy atom. The summed E-state index contributed by atoms with van der Waals surface area (Å²) in [5.41, 5.74) is -0.540. The maximum Gasteiger partial charge on any atom is 0.171 e. The molecule has 0 amide bonds. The Labute approximate surface area is 106 Å². The molecule has 0 bridgehead atoms. The minimum atomic E-state index is -0.540. The van der Waals surface area contributed by atoms with Crippen LogP contribution in [-0.2, 0) is 16.0 Å². The lowest BCUT2D eigenvalue weighted by atomic mass is 9.88. The molecule has 17 heavy (non-hydrogen) atoms. The van der Waals surface area contributed by atoms with Gasteiger partial charge in [-0.25, -0.2) is 4.98 Å². The summed E-state index contributed by atoms with van der Waals surface area (Å²) in [7, 11) is 1.67. The van der Waals surface area contributed by atoms with Gasteiger partial charge in [-0.15, -0.1) is 11.3 Å². The number of nitrogens with zero attached hydrogens (tertiary/aromatic N) is 1. The van der Waals surface area contributed by atoms with E-state index in [2.05, 4.69) is 4.98 Å². The van der Waals surface area contributed by atoms with Crippen LogP contribution in [0.5, 0.6) is 0 Å². The highest BCUT2D eigenvalue weighted by molar-refractivity contribution is 7.09. The van der Waals surface area contributed by atoms with Gasteiger partial charge in [-0.2, -0.15) is 0 Å². The summed E-state index contributed by atoms with van der Waals surface area (Å²) >= 11 is 1.54. The Morgan fingerprint density at radius 3 is 2.65 bits per heavy atom. The molecule has 4 heteroatoms. The molecule has 0 atom stereocenters. The standard InChI is InChI=1S/C13H19NO2S/c1-16-13(6-4-2-3-5-7-13)11(15)10-12-14-8-9-17-12/h8-9H,2-7,10H2,1H3. The van der Waals surface area contributed by atoms with Crippen LogP contribution < -0.4 is 0 Å². The van der Waals surface area contributed by atoms with E-state index in [1.54, 1.807) is 24.6 Å². The second-order valence-corrected chi connectivity index (χ2v) is 5.62. The first-order valence-corrected chi connectivity index (χ1v) is 7.12. The summed E-state index contributed by atoms with van der Waals surface area (Å²) in [5.74, 6) is 0.205. The van der Waals surface area contributed by atoms with E-state index >= 15 is 0 Å². The summed E-state index contributed by atoms with van der Waals surface area (Å²) in [6, 6.07) is 0. The van der Waals surface area contributed by atoms with Crippen molar-refractivity contribution in [3.63, 3.8) is 0 Å². The van der Waals surface area contributed by atoms with E-state index in [1.807, 2.05) is 5.38 Å². The summed E-state index contributed by atoms with van der Waals surface area (Å²) < 4.78 is 5.60. The average Bonchev–Trinajstić information content (AvgIpc) is 2.72. The SMILES string of the molecule is COC1(C(=O)Cc2nccs2)CCCCCC1. The molecule has 2 rings (SSSR count). The third kappa shape index (κ3) is 2.93. The van der Waals surface area contributed by atoms with E-state index in [4.69, 9.17) is 4.74 Å². The highest BCUT2D eigenvalue weighted by atomic mass is 32.1. The molecule has 0 N–H and O–H groups in total. The second kappa shape index (κ2) is 5.74. The van der Waals surface area contributed by atoms with Gasteiger partial charge in [0.15, 0.2) is 5.78 Å². The Hall–Kier alpha value is -0.740. The molecule has 1 aromatic rings. The molecule has 0 aliphatic heterocycles. The summed E-state index contributed by atoms with van der Waals surface area (Å²) in [6.45, 7) is 0. The fraction of sp³-hybridized carbons (Fsp3) is 0.692. The van der Waals surface area contributed by atoms with Gasteiger partial charge in [0.05, 0.1) is 11.4 Å². The highest BCUT2D eigenvalue weighted by Crippen LogP contribution is 2.32. The molecular weight excluding hydrogens is 234 g/mol. The molecule has 1 aromatic heterocycles. The maximum absolute atomic E-state index is 12.4. The van der Waals surface area contributed by atoms with Crippen LogP contribution in [0.4, 0.5) is 0 Å². The lowest BCUT2D eigenvalue weighted by molar-refractivity contribution is -0.142. The molecule has 3 nitrogen and oxygen atoms in total. The number of ketones is 1. The number of aromatic nitrogens is 1. The number of ether oxygens (including phenoxy) is 1. The lowest BCUT2D eigenvalue weighted by Crippen LogP contribution is -2.41. The van der Waals surface area contributed by atoms with Gasteiger partial charge in [0, 0.05) is 18.7 Å². The normalized spacial score (nSPS) is 19.8. The number of Topliss-reactive ketones (excluding diaryl/α,β-unsaturated/α-hetero) is 1. The second-order valence-electron chi connectivity index (χ2n) is 4.64. The molecule has 1 heterocycles. The van der Waals surface area contributed by atoms with E-state index < -0.39 is 5.60 Å². The number of carbonyl (C=O) groups excluding carboxylic acids is 1. The van der Waals surface area contributed by atoms with Gasteiger partial charge in [-0.1, -0.05) is 25.7 Å². The molecule has 0 spiro atoms. The van der Waals surface area contributed by atoms with Gasteiger partial charge in [0.2, 0.25) is 0 Å². The van der Waals surface area contributed by atoms with Crippen molar-refractivity contribution in [2.75, 3.05) is 7.11 Å². The van der Waals surface area contributed by atoms with E-state index in [-0.39, 0.29) is 5.78 Å². The molecule has 1 aliphatic carbocycles. The largest absolute Gasteiger partial charge is 0.370 e. The fourth-order valence-electron chi connectivity index (χ4n) is 2.54. The molecule has 1 fully saturated rings. The van der Waals surface area contributed by atoms with E-state index in [9.17, 15) is 4.79 Å². The van der Waals surface area contributed by atoms with Crippen LogP contribution in [0.3, 0.4) is 0 Å². The van der Waals surface area contributed by atoms with Crippen LogP contribution >= 0.6 is 11.3 Å². The Bertz CT molecular complexity index is 354. The number of hydrogen-bond acceptors (Lipinski definition) is 4. The molecule has 0 radical (unpaired) electrons. The number of carbonyl (C=O) groups is 1. The van der Waals surface area contributed by atoms with Gasteiger partial charge in [0.25, 0.3) is 0 Å². The monoisotopic (exact) mass is 253 g/mol. The molecule has 1 aliphatic rings. The fourth-order valence-corrected chi connectivity index (χ4v) is 3.15. The number of rotatable bonds is 4. The van der Waals surface area contributed by atoms with Crippen LogP contribution in [0.15, 0.2) is 11.6 Å². The van der Waals surface area contributed by atoms with Crippen LogP contribution in [0.1, 0.15) is 43.5 Å². The number of methoxy groups -OCH3 is 1. The first-order chi connectivity index (χ1) is 8.27. The Balaban J connectivity index is 2.07. The Kier molecular flexibility index (Phi) is 4.29. The first kappa shape index (κ1) is 12.7. The third-order valence-electron chi connectivity index (χ3n) is 3.61. The van der Waals surface area contributed by atoms with Gasteiger partial charge in [-0.3, -0.25) is 4.79 Å². The smallest absolute Gasteiger partial charge is 0.171 e. The van der Waals surface area contributed by atoms with E-state index in [0.717, 1.165) is 30.7 Å². The van der Waals surface area contributed by atoms with Crippen molar-refractivity contribution in [2.45, 2.75) is 50.5 Å². The zero-order chi connectivity index (χ0) is 12.1.